The van der Waals surface area contributed by atoms with Crippen LogP contribution in [0.5, 0.6) is 5.75 Å². The maximum Gasteiger partial charge on any atom is 0.168 e. The van der Waals surface area contributed by atoms with Crippen molar-refractivity contribution >= 4 is 23.0 Å². The van der Waals surface area contributed by atoms with Gasteiger partial charge in [0.25, 0.3) is 0 Å². The molecular formula is C12H15FN2OS. The lowest BCUT2D eigenvalue weighted by atomic mass is 10.2. The van der Waals surface area contributed by atoms with Gasteiger partial charge >= 0.3 is 0 Å². The summed E-state index contributed by atoms with van der Waals surface area (Å²) in [5, 5.41) is 2.84. The molecule has 0 spiro atoms. The van der Waals surface area contributed by atoms with Crippen molar-refractivity contribution in [1.82, 2.24) is 0 Å². The Bertz CT molecular complexity index is 419. The molecule has 1 fully saturated rings. The van der Waals surface area contributed by atoms with Gasteiger partial charge in [0.1, 0.15) is 11.6 Å². The Balaban J connectivity index is 2.15. The largest absolute Gasteiger partial charge is 0.488 e. The van der Waals surface area contributed by atoms with Gasteiger partial charge in [-0.25, -0.2) is 4.39 Å². The lowest BCUT2D eigenvalue weighted by Crippen LogP contribution is -2.20. The molecule has 2 rings (SSSR count). The molecule has 3 N–H and O–H groups in total. The maximum absolute atomic E-state index is 13.1. The molecule has 17 heavy (non-hydrogen) atoms. The minimum absolute atomic E-state index is 0.104. The van der Waals surface area contributed by atoms with E-state index in [9.17, 15) is 4.39 Å². The average molecular weight is 254 g/mol. The van der Waals surface area contributed by atoms with E-state index in [-0.39, 0.29) is 17.0 Å². The zero-order valence-electron chi connectivity index (χ0n) is 9.41. The third-order valence-corrected chi connectivity index (χ3v) is 2.90. The van der Waals surface area contributed by atoms with Gasteiger partial charge in [-0.15, -0.1) is 0 Å². The van der Waals surface area contributed by atoms with Crippen molar-refractivity contribution < 1.29 is 9.13 Å². The van der Waals surface area contributed by atoms with Crippen molar-refractivity contribution in [2.24, 2.45) is 5.73 Å². The van der Waals surface area contributed by atoms with Gasteiger partial charge in [-0.05, 0) is 50.0 Å². The zero-order chi connectivity index (χ0) is 12.3. The van der Waals surface area contributed by atoms with Crippen LogP contribution in [0.4, 0.5) is 10.1 Å². The Labute approximate surface area is 105 Å². The second-order valence-electron chi connectivity index (χ2n) is 4.15. The Hall–Kier alpha value is -1.36. The smallest absolute Gasteiger partial charge is 0.168 e. The molecule has 0 saturated heterocycles. The highest BCUT2D eigenvalue weighted by Crippen LogP contribution is 2.30. The molecule has 92 valence electrons. The third kappa shape index (κ3) is 3.30. The minimum Gasteiger partial charge on any atom is -0.488 e. The van der Waals surface area contributed by atoms with E-state index in [4.69, 9.17) is 22.7 Å². The van der Waals surface area contributed by atoms with Gasteiger partial charge in [0, 0.05) is 6.07 Å². The molecule has 0 atom stereocenters. The van der Waals surface area contributed by atoms with E-state index in [0.717, 1.165) is 12.8 Å². The van der Waals surface area contributed by atoms with Gasteiger partial charge in [-0.1, -0.05) is 0 Å². The molecule has 0 aromatic heterocycles. The summed E-state index contributed by atoms with van der Waals surface area (Å²) in [5.41, 5.74) is 5.88. The fourth-order valence-electron chi connectivity index (χ4n) is 2.02. The van der Waals surface area contributed by atoms with Crippen LogP contribution in [0.25, 0.3) is 0 Å². The number of nitrogens with one attached hydrogen (secondary N) is 1. The first-order chi connectivity index (χ1) is 8.15. The molecule has 1 saturated carbocycles. The van der Waals surface area contributed by atoms with Crippen LogP contribution in [0.1, 0.15) is 25.7 Å². The average Bonchev–Trinajstić information content (AvgIpc) is 2.74. The van der Waals surface area contributed by atoms with Gasteiger partial charge in [0.15, 0.2) is 5.11 Å². The number of nitrogens with two attached hydrogens (primary N) is 1. The molecule has 0 heterocycles. The molecular weight excluding hydrogens is 239 g/mol. The van der Waals surface area contributed by atoms with Crippen LogP contribution < -0.4 is 15.8 Å². The van der Waals surface area contributed by atoms with Crippen molar-refractivity contribution in [2.75, 3.05) is 5.32 Å². The number of halogens is 1. The first-order valence-electron chi connectivity index (χ1n) is 5.68. The fraction of sp³-hybridized carbons (Fsp3) is 0.417. The standard InChI is InChI=1S/C12H15FN2OS/c13-8-5-6-11(10(7-8)15-12(14)17)16-9-3-1-2-4-9/h5-7,9H,1-4H2,(H3,14,15,17). The summed E-state index contributed by atoms with van der Waals surface area (Å²) in [4.78, 5) is 0. The first kappa shape index (κ1) is 12.1. The van der Waals surface area contributed by atoms with E-state index >= 15 is 0 Å². The topological polar surface area (TPSA) is 47.3 Å². The van der Waals surface area contributed by atoms with Gasteiger partial charge in [0.05, 0.1) is 11.8 Å². The highest BCUT2D eigenvalue weighted by Gasteiger charge is 2.18. The van der Waals surface area contributed by atoms with Crippen LogP contribution in [0, 0.1) is 5.82 Å². The van der Waals surface area contributed by atoms with E-state index in [0.29, 0.717) is 11.4 Å². The summed E-state index contributed by atoms with van der Waals surface area (Å²) >= 11 is 4.75. The molecule has 1 aromatic carbocycles. The Morgan fingerprint density at radius 1 is 1.41 bits per heavy atom. The highest BCUT2D eigenvalue weighted by molar-refractivity contribution is 7.80. The molecule has 0 amide bonds. The summed E-state index contributed by atoms with van der Waals surface area (Å²) < 4.78 is 18.9. The predicted molar refractivity (Wildman–Crippen MR) is 69.7 cm³/mol. The van der Waals surface area contributed by atoms with Crippen LogP contribution in [0.3, 0.4) is 0 Å². The first-order valence-corrected chi connectivity index (χ1v) is 6.08. The summed E-state index contributed by atoms with van der Waals surface area (Å²) in [6.07, 6.45) is 4.68. The van der Waals surface area contributed by atoms with Crippen molar-refractivity contribution in [1.29, 1.82) is 0 Å². The van der Waals surface area contributed by atoms with E-state index in [1.807, 2.05) is 0 Å². The molecule has 0 unspecified atom stereocenters. The summed E-state index contributed by atoms with van der Waals surface area (Å²) in [5.74, 6) is 0.258. The lowest BCUT2D eigenvalue weighted by Gasteiger charge is -2.17. The number of hydrogen-bond acceptors (Lipinski definition) is 2. The summed E-state index contributed by atoms with van der Waals surface area (Å²) in [6.45, 7) is 0. The van der Waals surface area contributed by atoms with E-state index in [2.05, 4.69) is 5.32 Å². The van der Waals surface area contributed by atoms with Gasteiger partial charge in [0.2, 0.25) is 0 Å². The third-order valence-electron chi connectivity index (χ3n) is 2.80. The van der Waals surface area contributed by atoms with Crippen LogP contribution in [0.15, 0.2) is 18.2 Å². The van der Waals surface area contributed by atoms with Crippen molar-refractivity contribution in [3.8, 4) is 5.75 Å². The van der Waals surface area contributed by atoms with Gasteiger partial charge in [-0.3, -0.25) is 0 Å². The Morgan fingerprint density at radius 3 is 2.76 bits per heavy atom. The number of ether oxygens (including phenoxy) is 1. The molecule has 5 heteroatoms. The van der Waals surface area contributed by atoms with Crippen LogP contribution in [-0.4, -0.2) is 11.2 Å². The monoisotopic (exact) mass is 254 g/mol. The van der Waals surface area contributed by atoms with Crippen molar-refractivity contribution in [3.05, 3.63) is 24.0 Å². The number of anilines is 1. The molecule has 0 bridgehead atoms. The van der Waals surface area contributed by atoms with E-state index in [1.54, 1.807) is 6.07 Å². The van der Waals surface area contributed by atoms with Crippen molar-refractivity contribution in [3.63, 3.8) is 0 Å². The zero-order valence-corrected chi connectivity index (χ0v) is 10.2. The maximum atomic E-state index is 13.1. The van der Waals surface area contributed by atoms with E-state index < -0.39 is 0 Å². The Kier molecular flexibility index (Phi) is 3.78. The fourth-order valence-corrected chi connectivity index (χ4v) is 2.13. The number of thiocarbonyl (C=S) groups is 1. The van der Waals surface area contributed by atoms with Crippen molar-refractivity contribution in [2.45, 2.75) is 31.8 Å². The quantitative estimate of drug-likeness (QED) is 0.814. The van der Waals surface area contributed by atoms with Crippen LogP contribution >= 0.6 is 12.2 Å². The molecule has 1 aliphatic carbocycles. The summed E-state index contributed by atoms with van der Waals surface area (Å²) in [6, 6.07) is 4.31. The summed E-state index contributed by atoms with van der Waals surface area (Å²) in [7, 11) is 0. The van der Waals surface area contributed by atoms with E-state index in [1.165, 1.54) is 25.0 Å². The Morgan fingerprint density at radius 2 is 2.12 bits per heavy atom. The molecule has 1 aliphatic rings. The number of rotatable bonds is 3. The number of benzene rings is 1. The number of hydrogen-bond donors (Lipinski definition) is 2. The van der Waals surface area contributed by atoms with Gasteiger partial charge < -0.3 is 15.8 Å². The molecule has 3 nitrogen and oxygen atoms in total. The molecule has 1 aromatic rings. The SMILES string of the molecule is NC(=S)Nc1cc(F)ccc1OC1CCCC1. The van der Waals surface area contributed by atoms with Crippen LogP contribution in [-0.2, 0) is 0 Å². The highest BCUT2D eigenvalue weighted by atomic mass is 32.1. The lowest BCUT2D eigenvalue weighted by molar-refractivity contribution is 0.211. The van der Waals surface area contributed by atoms with Crippen LogP contribution in [0.2, 0.25) is 0 Å². The van der Waals surface area contributed by atoms with Gasteiger partial charge in [-0.2, -0.15) is 0 Å². The second kappa shape index (κ2) is 5.31. The minimum atomic E-state index is -0.345. The predicted octanol–water partition coefficient (Wildman–Crippen LogP) is 2.80. The molecule has 0 radical (unpaired) electrons. The molecule has 0 aliphatic heterocycles. The second-order valence-corrected chi connectivity index (χ2v) is 4.59. The normalized spacial score (nSPS) is 15.8.